The number of rotatable bonds is 10. The van der Waals surface area contributed by atoms with E-state index in [4.69, 9.17) is 53.4 Å². The van der Waals surface area contributed by atoms with E-state index >= 15 is 0 Å². The first kappa shape index (κ1) is 29.0. The lowest BCUT2D eigenvalue weighted by atomic mass is 10.2. The molecule has 0 spiro atoms. The molecule has 4 aromatic heterocycles. The van der Waals surface area contributed by atoms with Gasteiger partial charge in [-0.25, -0.2) is 19.9 Å². The van der Waals surface area contributed by atoms with Crippen LogP contribution in [0.25, 0.3) is 22.3 Å². The van der Waals surface area contributed by atoms with Gasteiger partial charge in [0.25, 0.3) is 5.56 Å². The van der Waals surface area contributed by atoms with Crippen LogP contribution >= 0.6 is 13.9 Å². The van der Waals surface area contributed by atoms with Gasteiger partial charge in [0.05, 0.1) is 25.4 Å². The van der Waals surface area contributed by atoms with Gasteiger partial charge in [0.15, 0.2) is 36.0 Å². The van der Waals surface area contributed by atoms with Crippen molar-refractivity contribution in [2.45, 2.75) is 37.4 Å². The number of nitrogens with two attached hydrogens (primary N) is 2. The molecule has 0 amide bonds. The predicted molar refractivity (Wildman–Crippen MR) is 144 cm³/mol. The zero-order valence-electron chi connectivity index (χ0n) is 19.9. The Labute approximate surface area is 233 Å². The van der Waals surface area contributed by atoms with E-state index in [1.165, 1.54) is 12.7 Å². The number of nitrogen functional groups attached to an aromatic ring is 2. The van der Waals surface area contributed by atoms with Crippen molar-refractivity contribution in [2.24, 2.45) is 0 Å². The highest BCUT2D eigenvalue weighted by molar-refractivity contribution is 8.07. The van der Waals surface area contributed by atoms with Gasteiger partial charge in [-0.15, -0.1) is 0 Å². The van der Waals surface area contributed by atoms with Gasteiger partial charge in [0.2, 0.25) is 12.2 Å². The number of nitrogens with zero attached hydrogens (tertiary/aromatic N) is 7. The van der Waals surface area contributed by atoms with Crippen LogP contribution in [0, 0.1) is 0 Å². The summed E-state index contributed by atoms with van der Waals surface area (Å²) in [5.74, 6) is -0.0791. The van der Waals surface area contributed by atoms with Crippen molar-refractivity contribution in [3.8, 4) is 0 Å². The minimum atomic E-state index is -4.22. The number of aromatic amines is 1. The minimum Gasteiger partial charge on any atom is -0.382 e. The van der Waals surface area contributed by atoms with E-state index in [2.05, 4.69) is 29.9 Å². The van der Waals surface area contributed by atoms with Crippen molar-refractivity contribution in [1.29, 1.82) is 0 Å². The number of imidazole rings is 2. The van der Waals surface area contributed by atoms with Crippen molar-refractivity contribution >= 4 is 71.6 Å². The molecule has 7 atom stereocenters. The molecule has 0 radical (unpaired) electrons. The van der Waals surface area contributed by atoms with Crippen LogP contribution in [0.1, 0.15) is 18.9 Å². The van der Waals surface area contributed by atoms with Gasteiger partial charge >= 0.3 is 6.72 Å². The number of fused-ring (bicyclic) bond motifs is 2. The third kappa shape index (κ3) is 5.91. The van der Waals surface area contributed by atoms with Crippen LogP contribution in [-0.2, 0) is 41.9 Å². The molecule has 1 saturated heterocycles. The molecule has 5 rings (SSSR count). The highest BCUT2D eigenvalue weighted by Gasteiger charge is 2.40. The van der Waals surface area contributed by atoms with Crippen LogP contribution in [0.5, 0.6) is 0 Å². The Morgan fingerprint density at radius 3 is 2.73 bits per heavy atom. The summed E-state index contributed by atoms with van der Waals surface area (Å²) in [6.45, 7) is -4.63. The molecule has 216 valence electrons. The van der Waals surface area contributed by atoms with Crippen molar-refractivity contribution in [3.63, 3.8) is 0 Å². The van der Waals surface area contributed by atoms with Crippen LogP contribution in [0.2, 0.25) is 0 Å². The zero-order valence-corrected chi connectivity index (χ0v) is 23.4. The Hall–Kier alpha value is -2.52. The van der Waals surface area contributed by atoms with E-state index < -0.39 is 57.0 Å². The van der Waals surface area contributed by atoms with E-state index in [-0.39, 0.29) is 29.4 Å². The highest BCUT2D eigenvalue weighted by Crippen LogP contribution is 2.47. The maximum atomic E-state index is 12.0. The van der Waals surface area contributed by atoms with E-state index in [0.717, 1.165) is 10.9 Å². The number of anilines is 2. The maximum Gasteiger partial charge on any atom is 0.327 e. The topological polar surface area (TPSA) is 277 Å². The van der Waals surface area contributed by atoms with E-state index in [0.29, 0.717) is 11.2 Å². The van der Waals surface area contributed by atoms with Crippen LogP contribution < -0.4 is 17.0 Å². The molecule has 5 heterocycles. The summed E-state index contributed by atoms with van der Waals surface area (Å²) in [4.78, 5) is 54.4. The van der Waals surface area contributed by atoms with Gasteiger partial charge in [0.1, 0.15) is 24.2 Å². The van der Waals surface area contributed by atoms with Crippen molar-refractivity contribution < 1.29 is 38.3 Å². The molecule has 40 heavy (non-hydrogen) atoms. The Kier molecular flexibility index (Phi) is 8.26. The van der Waals surface area contributed by atoms with Gasteiger partial charge in [-0.05, 0) is 23.6 Å². The molecule has 9 N–H and O–H groups in total. The number of aliphatic hydroxyl groups excluding tert-OH is 2. The fourth-order valence-corrected chi connectivity index (χ4v) is 6.12. The van der Waals surface area contributed by atoms with E-state index in [1.807, 2.05) is 0 Å². The summed E-state index contributed by atoms with van der Waals surface area (Å²) in [5.41, 5.74) is 11.1. The van der Waals surface area contributed by atoms with Gasteiger partial charge in [-0.1, -0.05) is 0 Å². The van der Waals surface area contributed by atoms with Crippen LogP contribution in [-0.4, -0.2) is 84.1 Å². The first-order chi connectivity index (χ1) is 18.9. The maximum absolute atomic E-state index is 12.0. The van der Waals surface area contributed by atoms with Gasteiger partial charge in [-0.3, -0.25) is 23.4 Å². The van der Waals surface area contributed by atoms with Crippen LogP contribution in [0.3, 0.4) is 0 Å². The van der Waals surface area contributed by atoms with Crippen LogP contribution in [0.15, 0.2) is 23.8 Å². The first-order valence-corrected chi connectivity index (χ1v) is 16.2. The van der Waals surface area contributed by atoms with Crippen LogP contribution in [0.4, 0.5) is 11.8 Å². The van der Waals surface area contributed by atoms with Crippen molar-refractivity contribution in [1.82, 2.24) is 39.0 Å². The van der Waals surface area contributed by atoms with E-state index in [1.54, 1.807) is 4.57 Å². The molecule has 19 nitrogen and oxygen atoms in total. The fraction of sp³-hybridized carbons (Fsp3) is 0.412. The highest BCUT2D eigenvalue weighted by atomic mass is 32.5. The van der Waals surface area contributed by atoms with Gasteiger partial charge in [0, 0.05) is 6.42 Å². The first-order valence-electron chi connectivity index (χ1n) is 11.2. The summed E-state index contributed by atoms with van der Waals surface area (Å²) >= 11 is 9.81. The standard InChI is InChI=1S/C17H22N10O9P2S2/c18-11-9-12(21-3-20-11)26(4-22-9)8-1-6(35-37(31)39)7(34-8)2-33-38(32,40)36-16(30)15(29)27-5-23-10-13(27)24-17(19)25-14(10)28/h3-8,15-16,29-30,37H,1-2H2,(H,31,39)(H,32,40)(H2,18,20,21)(H3,19,24,25,28)/t6-,7?,8+,15+,16?,38?/m0/s1. The summed E-state index contributed by atoms with van der Waals surface area (Å²) in [7, 11) is -2.58. The molecular formula is C17H22N10O9P2S2. The second kappa shape index (κ2) is 11.4. The largest absolute Gasteiger partial charge is 0.382 e. The Bertz CT molecular complexity index is 1680. The lowest BCUT2D eigenvalue weighted by molar-refractivity contribution is -0.141. The van der Waals surface area contributed by atoms with Gasteiger partial charge < -0.3 is 45.3 Å². The number of aliphatic hydroxyl groups is 2. The fourth-order valence-electron chi connectivity index (χ4n) is 4.02. The molecule has 4 aromatic rings. The lowest BCUT2D eigenvalue weighted by Gasteiger charge is -2.25. The predicted octanol–water partition coefficient (Wildman–Crippen LogP) is -1.65. The van der Waals surface area contributed by atoms with Gasteiger partial charge in [-0.2, -0.15) is 4.98 Å². The molecule has 23 heteroatoms. The zero-order chi connectivity index (χ0) is 28.8. The van der Waals surface area contributed by atoms with Crippen molar-refractivity contribution in [3.05, 3.63) is 29.3 Å². The Balaban J connectivity index is 1.27. The Morgan fingerprint density at radius 1 is 1.23 bits per heavy atom. The second-order valence-electron chi connectivity index (χ2n) is 8.32. The molecule has 4 unspecified atom stereocenters. The SMILES string of the molecule is Nc1nc2c(ncn2[C@H](O)C(O)OP(O)(=S)OCC2O[C@@H](n3cnc4c(N)ncnc43)C[C@@H]2O[PH](O)=S)c(=O)[nH]1. The minimum absolute atomic E-state index is 0.154. The number of aromatic nitrogens is 8. The molecule has 1 aliphatic heterocycles. The number of nitrogens with one attached hydrogen (secondary N) is 1. The second-order valence-corrected chi connectivity index (χ2v) is 12.9. The summed E-state index contributed by atoms with van der Waals surface area (Å²) in [6, 6.07) is 0. The molecule has 1 aliphatic rings. The van der Waals surface area contributed by atoms with Crippen molar-refractivity contribution in [2.75, 3.05) is 18.1 Å². The number of H-pyrrole nitrogens is 1. The summed E-state index contributed by atoms with van der Waals surface area (Å²) < 4.78 is 24.4. The summed E-state index contributed by atoms with van der Waals surface area (Å²) in [6.07, 6.45) is -2.51. The molecule has 0 aliphatic carbocycles. The quantitative estimate of drug-likeness (QED) is 0.0758. The normalized spacial score (nSPS) is 23.4. The average molecular weight is 637 g/mol. The molecular weight excluding hydrogens is 614 g/mol. The Morgan fingerprint density at radius 2 is 1.98 bits per heavy atom. The molecule has 0 aromatic carbocycles. The molecule has 1 fully saturated rings. The number of hydrogen-bond donors (Lipinski definition) is 7. The average Bonchev–Trinajstić information content (AvgIpc) is 3.59. The van der Waals surface area contributed by atoms with E-state index in [9.17, 15) is 24.8 Å². The summed E-state index contributed by atoms with van der Waals surface area (Å²) in [5, 5.41) is 20.9. The third-order valence-electron chi connectivity index (χ3n) is 5.76. The lowest BCUT2D eigenvalue weighted by Crippen LogP contribution is -2.29. The number of ether oxygens (including phenoxy) is 1. The number of hydrogen-bond acceptors (Lipinski definition) is 16. The smallest absolute Gasteiger partial charge is 0.327 e. The molecule has 0 saturated carbocycles. The monoisotopic (exact) mass is 636 g/mol. The third-order valence-corrected chi connectivity index (χ3v) is 8.09. The molecule has 0 bridgehead atoms.